The number of esters is 1. The number of hydrazone groups is 1. The molecule has 4 saturated carbocycles. The molecule has 0 bridgehead atoms. The first-order chi connectivity index (χ1) is 16.5. The smallest absolute Gasteiger partial charge is 0.302 e. The van der Waals surface area contributed by atoms with Crippen LogP contribution >= 0.6 is 0 Å². The van der Waals surface area contributed by atoms with Crippen molar-refractivity contribution in [2.75, 3.05) is 0 Å². The molecule has 4 rings (SSSR count). The molecule has 4 fully saturated rings. The van der Waals surface area contributed by atoms with E-state index >= 15 is 0 Å². The SMILES string of the molecule is CC(=O)OC1CCC2(C)C(C1)C(=N[N+](=O)[O-])CC1C2CCC2(C)C(C(C)CCCC(C)C)CCC12. The van der Waals surface area contributed by atoms with Crippen molar-refractivity contribution >= 4 is 11.7 Å². The van der Waals surface area contributed by atoms with Gasteiger partial charge >= 0.3 is 5.97 Å². The molecule has 198 valence electrons. The van der Waals surface area contributed by atoms with Gasteiger partial charge in [0.2, 0.25) is 0 Å². The van der Waals surface area contributed by atoms with Gasteiger partial charge in [0.1, 0.15) is 6.10 Å². The van der Waals surface area contributed by atoms with Crippen molar-refractivity contribution in [2.45, 2.75) is 118 Å². The predicted molar refractivity (Wildman–Crippen MR) is 138 cm³/mol. The lowest BCUT2D eigenvalue weighted by atomic mass is 9.44. The fourth-order valence-corrected chi connectivity index (χ4v) is 9.61. The van der Waals surface area contributed by atoms with Crippen molar-refractivity contribution in [2.24, 2.45) is 57.4 Å². The molecule has 35 heavy (non-hydrogen) atoms. The van der Waals surface area contributed by atoms with Gasteiger partial charge in [-0.15, -0.1) is 0 Å². The summed E-state index contributed by atoms with van der Waals surface area (Å²) in [5.41, 5.74) is 1.13. The standard InChI is InChI=1S/C29H48N2O4/c1-18(2)8-7-9-19(3)23-10-11-24-22-17-27(30-31(33)34)26-16-21(35-20(4)32)12-14-29(26,6)25(22)13-15-28(23,24)5/h18-19,21-26H,7-17H2,1-6H3. The summed E-state index contributed by atoms with van der Waals surface area (Å²) >= 11 is 0. The summed E-state index contributed by atoms with van der Waals surface area (Å²) in [4.78, 5) is 23.2. The van der Waals surface area contributed by atoms with Crippen LogP contribution in [0.4, 0.5) is 0 Å². The van der Waals surface area contributed by atoms with E-state index in [1.54, 1.807) is 0 Å². The molecule has 9 atom stereocenters. The van der Waals surface area contributed by atoms with E-state index in [-0.39, 0.29) is 23.4 Å². The summed E-state index contributed by atoms with van der Waals surface area (Å²) < 4.78 is 5.58. The van der Waals surface area contributed by atoms with E-state index in [0.717, 1.165) is 42.7 Å². The normalized spacial score (nSPS) is 42.8. The lowest BCUT2D eigenvalue weighted by Gasteiger charge is -2.61. The van der Waals surface area contributed by atoms with Crippen molar-refractivity contribution in [1.82, 2.24) is 0 Å². The molecule has 9 unspecified atom stereocenters. The highest BCUT2D eigenvalue weighted by Gasteiger charge is 2.62. The number of carbonyl (C=O) groups excluding carboxylic acids is 1. The van der Waals surface area contributed by atoms with Crippen LogP contribution in [0.2, 0.25) is 0 Å². The van der Waals surface area contributed by atoms with Gasteiger partial charge in [0, 0.05) is 12.8 Å². The molecule has 0 N–H and O–H groups in total. The number of hydrogen-bond donors (Lipinski definition) is 0. The van der Waals surface area contributed by atoms with Gasteiger partial charge in [0.15, 0.2) is 5.03 Å². The maximum atomic E-state index is 11.6. The number of carbonyl (C=O) groups is 1. The minimum Gasteiger partial charge on any atom is -0.463 e. The topological polar surface area (TPSA) is 81.8 Å². The number of nitrogens with zero attached hydrogens (tertiary/aromatic N) is 2. The van der Waals surface area contributed by atoms with Gasteiger partial charge in [-0.05, 0) is 97.7 Å². The Bertz CT molecular complexity index is 841. The Morgan fingerprint density at radius 1 is 1.09 bits per heavy atom. The highest BCUT2D eigenvalue weighted by Crippen LogP contribution is 2.68. The minimum atomic E-state index is -0.484. The average molecular weight is 489 g/mol. The van der Waals surface area contributed by atoms with E-state index in [0.29, 0.717) is 29.6 Å². The summed E-state index contributed by atoms with van der Waals surface area (Å²) in [5, 5.41) is 15.1. The van der Waals surface area contributed by atoms with Crippen LogP contribution in [0.15, 0.2) is 5.10 Å². The molecule has 4 aliphatic carbocycles. The van der Waals surface area contributed by atoms with Crippen molar-refractivity contribution < 1.29 is 14.6 Å². The molecule has 0 amide bonds. The molecule has 0 spiro atoms. The molecule has 0 aromatic carbocycles. The van der Waals surface area contributed by atoms with Crippen molar-refractivity contribution in [3.63, 3.8) is 0 Å². The van der Waals surface area contributed by atoms with Crippen molar-refractivity contribution in [3.8, 4) is 0 Å². The molecule has 0 saturated heterocycles. The summed E-state index contributed by atoms with van der Waals surface area (Å²) in [6.45, 7) is 13.5. The second kappa shape index (κ2) is 10.1. The molecule has 0 aromatic rings. The Morgan fingerprint density at radius 3 is 2.43 bits per heavy atom. The highest BCUT2D eigenvalue weighted by atomic mass is 16.7. The van der Waals surface area contributed by atoms with Gasteiger partial charge in [0.05, 0.1) is 10.8 Å². The Kier molecular flexibility index (Phi) is 7.70. The second-order valence-corrected chi connectivity index (χ2v) is 13.5. The van der Waals surface area contributed by atoms with Crippen LogP contribution in [0.3, 0.4) is 0 Å². The first-order valence-corrected chi connectivity index (χ1v) is 14.3. The third-order valence-electron chi connectivity index (χ3n) is 11.2. The number of ether oxygens (including phenoxy) is 1. The van der Waals surface area contributed by atoms with Gasteiger partial charge in [0.25, 0.3) is 0 Å². The zero-order valence-corrected chi connectivity index (χ0v) is 22.9. The Morgan fingerprint density at radius 2 is 1.77 bits per heavy atom. The van der Waals surface area contributed by atoms with Gasteiger partial charge in [-0.25, -0.2) is 10.1 Å². The monoisotopic (exact) mass is 488 g/mol. The summed E-state index contributed by atoms with van der Waals surface area (Å²) in [7, 11) is 0. The minimum absolute atomic E-state index is 0.0106. The zero-order chi connectivity index (χ0) is 25.5. The molecule has 0 aromatic heterocycles. The molecule has 4 aliphatic rings. The van der Waals surface area contributed by atoms with Crippen LogP contribution in [0.25, 0.3) is 0 Å². The van der Waals surface area contributed by atoms with Crippen LogP contribution in [0.1, 0.15) is 112 Å². The quantitative estimate of drug-likeness (QED) is 0.214. The largest absolute Gasteiger partial charge is 0.463 e. The third kappa shape index (κ3) is 5.05. The molecule has 6 heteroatoms. The first-order valence-electron chi connectivity index (χ1n) is 14.3. The number of hydrogen-bond acceptors (Lipinski definition) is 4. The number of nitro groups is 1. The van der Waals surface area contributed by atoms with E-state index in [1.165, 1.54) is 51.9 Å². The Hall–Kier alpha value is -1.46. The van der Waals surface area contributed by atoms with Crippen molar-refractivity contribution in [3.05, 3.63) is 10.1 Å². The predicted octanol–water partition coefficient (Wildman–Crippen LogP) is 7.28. The summed E-state index contributed by atoms with van der Waals surface area (Å²) in [6.07, 6.45) is 12.2. The van der Waals surface area contributed by atoms with Crippen LogP contribution < -0.4 is 0 Å². The van der Waals surface area contributed by atoms with Crippen LogP contribution in [0.5, 0.6) is 0 Å². The van der Waals surface area contributed by atoms with E-state index in [2.05, 4.69) is 39.7 Å². The molecule has 0 aliphatic heterocycles. The van der Waals surface area contributed by atoms with Crippen LogP contribution in [-0.4, -0.2) is 22.8 Å². The number of rotatable bonds is 7. The lowest BCUT2D eigenvalue weighted by Crippen LogP contribution is -2.57. The van der Waals surface area contributed by atoms with Crippen molar-refractivity contribution in [1.29, 1.82) is 0 Å². The highest BCUT2D eigenvalue weighted by molar-refractivity contribution is 5.88. The third-order valence-corrected chi connectivity index (χ3v) is 11.2. The van der Waals surface area contributed by atoms with Crippen LogP contribution in [-0.2, 0) is 9.53 Å². The summed E-state index contributed by atoms with van der Waals surface area (Å²) in [6, 6.07) is 0. The number of fused-ring (bicyclic) bond motifs is 5. The molecular formula is C29H48N2O4. The van der Waals surface area contributed by atoms with Gasteiger partial charge in [-0.2, -0.15) is 0 Å². The lowest BCUT2D eigenvalue weighted by molar-refractivity contribution is -0.485. The van der Waals surface area contributed by atoms with E-state index in [9.17, 15) is 14.9 Å². The van der Waals surface area contributed by atoms with E-state index in [1.807, 2.05) is 0 Å². The molecule has 0 radical (unpaired) electrons. The molecule has 0 heterocycles. The maximum absolute atomic E-state index is 11.6. The first kappa shape index (κ1) is 26.6. The van der Waals surface area contributed by atoms with E-state index < -0.39 is 5.03 Å². The average Bonchev–Trinajstić information content (AvgIpc) is 3.11. The van der Waals surface area contributed by atoms with Gasteiger partial charge in [-0.1, -0.05) is 53.9 Å². The van der Waals surface area contributed by atoms with Gasteiger partial charge < -0.3 is 4.74 Å². The fourth-order valence-electron chi connectivity index (χ4n) is 9.61. The zero-order valence-electron chi connectivity index (χ0n) is 22.9. The molecular weight excluding hydrogens is 440 g/mol. The second-order valence-electron chi connectivity index (χ2n) is 13.5. The summed E-state index contributed by atoms with van der Waals surface area (Å²) in [5.74, 6) is 3.80. The molecule has 6 nitrogen and oxygen atoms in total. The van der Waals surface area contributed by atoms with Gasteiger partial charge in [-0.3, -0.25) is 4.79 Å². The Labute approximate surface area is 212 Å². The fraction of sp³-hybridized carbons (Fsp3) is 0.931. The Balaban J connectivity index is 1.57. The maximum Gasteiger partial charge on any atom is 0.302 e. The van der Waals surface area contributed by atoms with Crippen LogP contribution in [0, 0.1) is 62.4 Å². The van der Waals surface area contributed by atoms with E-state index in [4.69, 9.17) is 4.74 Å².